The zero-order valence-electron chi connectivity index (χ0n) is 18.9. The number of fused-ring (bicyclic) bond motifs is 2. The number of amides is 1. The molecular formula is C24H27N3O5S. The normalized spacial score (nSPS) is 13.8. The SMILES string of the molecule is CCC(CO)n1c(SCC(=O)N2CCc3ccccc32)nc2cc(OC)c(OC)cc2c1=O. The van der Waals surface area contributed by atoms with Crippen LogP contribution < -0.4 is 19.9 Å². The number of nitrogens with zero attached hydrogens (tertiary/aromatic N) is 3. The van der Waals surface area contributed by atoms with Crippen molar-refractivity contribution in [1.29, 1.82) is 0 Å². The smallest absolute Gasteiger partial charge is 0.262 e. The molecule has 0 radical (unpaired) electrons. The average Bonchev–Trinajstić information content (AvgIpc) is 3.28. The summed E-state index contributed by atoms with van der Waals surface area (Å²) >= 11 is 1.21. The van der Waals surface area contributed by atoms with Crippen LogP contribution in [0, 0.1) is 0 Å². The van der Waals surface area contributed by atoms with Crippen molar-refractivity contribution >= 4 is 34.3 Å². The van der Waals surface area contributed by atoms with Crippen LogP contribution in [0.5, 0.6) is 11.5 Å². The first-order chi connectivity index (χ1) is 16.0. The minimum absolute atomic E-state index is 0.0461. The third-order valence-corrected chi connectivity index (χ3v) is 6.87. The number of carbonyl (C=O) groups is 1. The number of thioether (sulfide) groups is 1. The lowest BCUT2D eigenvalue weighted by molar-refractivity contribution is -0.116. The summed E-state index contributed by atoms with van der Waals surface area (Å²) in [6.07, 6.45) is 1.37. The highest BCUT2D eigenvalue weighted by Gasteiger charge is 2.26. The predicted octanol–water partition coefficient (Wildman–Crippen LogP) is 3.04. The molecular weight excluding hydrogens is 442 g/mol. The molecule has 2 aromatic carbocycles. The van der Waals surface area contributed by atoms with Crippen LogP contribution in [-0.4, -0.2) is 53.7 Å². The van der Waals surface area contributed by atoms with Crippen molar-refractivity contribution < 1.29 is 19.4 Å². The third-order valence-electron chi connectivity index (χ3n) is 5.93. The number of rotatable bonds is 8. The van der Waals surface area contributed by atoms with Gasteiger partial charge in [-0.25, -0.2) is 4.98 Å². The molecule has 0 spiro atoms. The highest BCUT2D eigenvalue weighted by molar-refractivity contribution is 7.99. The van der Waals surface area contributed by atoms with Gasteiger partial charge in [0.25, 0.3) is 5.56 Å². The van der Waals surface area contributed by atoms with Crippen LogP contribution in [0.4, 0.5) is 5.69 Å². The Labute approximate surface area is 196 Å². The number of methoxy groups -OCH3 is 2. The van der Waals surface area contributed by atoms with E-state index in [0.29, 0.717) is 40.5 Å². The van der Waals surface area contributed by atoms with Crippen molar-refractivity contribution in [2.24, 2.45) is 0 Å². The fraction of sp³-hybridized carbons (Fsp3) is 0.375. The van der Waals surface area contributed by atoms with Gasteiger partial charge < -0.3 is 19.5 Å². The van der Waals surface area contributed by atoms with Crippen molar-refractivity contribution in [3.05, 3.63) is 52.3 Å². The molecule has 0 saturated heterocycles. The molecule has 33 heavy (non-hydrogen) atoms. The maximum absolute atomic E-state index is 13.4. The van der Waals surface area contributed by atoms with Gasteiger partial charge in [0.1, 0.15) is 0 Å². The first-order valence-electron chi connectivity index (χ1n) is 10.8. The highest BCUT2D eigenvalue weighted by atomic mass is 32.2. The van der Waals surface area contributed by atoms with Crippen LogP contribution in [0.1, 0.15) is 24.9 Å². The Kier molecular flexibility index (Phi) is 6.90. The zero-order valence-corrected chi connectivity index (χ0v) is 19.7. The van der Waals surface area contributed by atoms with Crippen molar-refractivity contribution in [2.75, 3.05) is 38.0 Å². The summed E-state index contributed by atoms with van der Waals surface area (Å²) in [5.41, 5.74) is 2.25. The second kappa shape index (κ2) is 9.84. The molecule has 1 amide bonds. The Bertz CT molecular complexity index is 1240. The fourth-order valence-corrected chi connectivity index (χ4v) is 5.07. The third kappa shape index (κ3) is 4.30. The second-order valence-corrected chi connectivity index (χ2v) is 8.69. The van der Waals surface area contributed by atoms with Crippen LogP contribution in [0.25, 0.3) is 10.9 Å². The number of benzene rings is 2. The molecule has 1 aliphatic rings. The average molecular weight is 470 g/mol. The van der Waals surface area contributed by atoms with E-state index in [9.17, 15) is 14.7 Å². The molecule has 1 aliphatic heterocycles. The zero-order chi connectivity index (χ0) is 23.5. The summed E-state index contributed by atoms with van der Waals surface area (Å²) in [4.78, 5) is 33.0. The molecule has 0 bridgehead atoms. The van der Waals surface area contributed by atoms with Gasteiger partial charge in [-0.1, -0.05) is 36.9 Å². The molecule has 9 heteroatoms. The Morgan fingerprint density at radius 2 is 1.94 bits per heavy atom. The second-order valence-electron chi connectivity index (χ2n) is 7.75. The molecule has 4 rings (SSSR count). The molecule has 0 fully saturated rings. The van der Waals surface area contributed by atoms with Crippen molar-refractivity contribution in [3.8, 4) is 11.5 Å². The molecule has 8 nitrogen and oxygen atoms in total. The van der Waals surface area contributed by atoms with E-state index in [1.54, 1.807) is 17.0 Å². The Morgan fingerprint density at radius 3 is 2.64 bits per heavy atom. The van der Waals surface area contributed by atoms with E-state index in [1.165, 1.54) is 30.5 Å². The number of para-hydroxylation sites is 1. The predicted molar refractivity (Wildman–Crippen MR) is 129 cm³/mol. The molecule has 0 saturated carbocycles. The lowest BCUT2D eigenvalue weighted by Gasteiger charge is -2.21. The number of ether oxygens (including phenoxy) is 2. The molecule has 3 aromatic rings. The number of hydrogen-bond donors (Lipinski definition) is 1. The van der Waals surface area contributed by atoms with Crippen molar-refractivity contribution in [1.82, 2.24) is 9.55 Å². The minimum Gasteiger partial charge on any atom is -0.493 e. The van der Waals surface area contributed by atoms with E-state index < -0.39 is 6.04 Å². The monoisotopic (exact) mass is 469 g/mol. The Morgan fingerprint density at radius 1 is 1.21 bits per heavy atom. The lowest BCUT2D eigenvalue weighted by Crippen LogP contribution is -2.32. The van der Waals surface area contributed by atoms with Gasteiger partial charge in [-0.05, 0) is 30.5 Å². The number of hydrogen-bond acceptors (Lipinski definition) is 7. The van der Waals surface area contributed by atoms with Crippen molar-refractivity contribution in [3.63, 3.8) is 0 Å². The summed E-state index contributed by atoms with van der Waals surface area (Å²) < 4.78 is 12.2. The van der Waals surface area contributed by atoms with Gasteiger partial charge in [0.15, 0.2) is 16.7 Å². The molecule has 1 aromatic heterocycles. The Hall–Kier alpha value is -3.04. The molecule has 1 N–H and O–H groups in total. The van der Waals surface area contributed by atoms with E-state index in [-0.39, 0.29) is 23.8 Å². The number of aromatic nitrogens is 2. The summed E-state index contributed by atoms with van der Waals surface area (Å²) in [5, 5.41) is 10.7. The molecule has 0 aliphatic carbocycles. The van der Waals surface area contributed by atoms with Gasteiger partial charge in [-0.15, -0.1) is 0 Å². The first kappa shape index (κ1) is 23.1. The maximum atomic E-state index is 13.4. The summed E-state index contributed by atoms with van der Waals surface area (Å²) in [6.45, 7) is 2.33. The summed E-state index contributed by atoms with van der Waals surface area (Å²) in [6, 6.07) is 10.7. The van der Waals surface area contributed by atoms with Crippen LogP contribution in [0.3, 0.4) is 0 Å². The van der Waals surface area contributed by atoms with E-state index in [2.05, 4.69) is 4.98 Å². The molecule has 1 atom stereocenters. The topological polar surface area (TPSA) is 93.9 Å². The number of anilines is 1. The summed E-state index contributed by atoms with van der Waals surface area (Å²) in [5.74, 6) is 0.970. The quantitative estimate of drug-likeness (QED) is 0.400. The van der Waals surface area contributed by atoms with E-state index in [0.717, 1.165) is 17.7 Å². The number of carbonyl (C=O) groups excluding carboxylic acids is 1. The van der Waals surface area contributed by atoms with Gasteiger partial charge in [0.05, 0.1) is 43.5 Å². The first-order valence-corrected chi connectivity index (χ1v) is 11.8. The van der Waals surface area contributed by atoms with Gasteiger partial charge in [0.2, 0.25) is 5.91 Å². The van der Waals surface area contributed by atoms with Gasteiger partial charge >= 0.3 is 0 Å². The lowest BCUT2D eigenvalue weighted by atomic mass is 10.2. The highest BCUT2D eigenvalue weighted by Crippen LogP contribution is 2.33. The standard InChI is InChI=1S/C24H27N3O5S/c1-4-16(13-28)27-23(30)17-11-20(31-2)21(32-3)12-18(17)25-24(27)33-14-22(29)26-10-9-15-7-5-6-8-19(15)26/h5-8,11-12,16,28H,4,9-10,13-14H2,1-3H3. The Balaban J connectivity index is 1.71. The van der Waals surface area contributed by atoms with Crippen LogP contribution in [0.15, 0.2) is 46.3 Å². The number of aliphatic hydroxyl groups is 1. The van der Waals surface area contributed by atoms with E-state index in [1.807, 2.05) is 31.2 Å². The summed E-state index contributed by atoms with van der Waals surface area (Å²) in [7, 11) is 3.02. The van der Waals surface area contributed by atoms with Crippen LogP contribution >= 0.6 is 11.8 Å². The molecule has 1 unspecified atom stereocenters. The van der Waals surface area contributed by atoms with Gasteiger partial charge in [-0.3, -0.25) is 14.2 Å². The van der Waals surface area contributed by atoms with Crippen LogP contribution in [-0.2, 0) is 11.2 Å². The van der Waals surface area contributed by atoms with Gasteiger partial charge in [0, 0.05) is 18.3 Å². The molecule has 2 heterocycles. The van der Waals surface area contributed by atoms with Crippen molar-refractivity contribution in [2.45, 2.75) is 31.0 Å². The largest absolute Gasteiger partial charge is 0.493 e. The van der Waals surface area contributed by atoms with E-state index in [4.69, 9.17) is 9.47 Å². The molecule has 174 valence electrons. The minimum atomic E-state index is -0.451. The fourth-order valence-electron chi connectivity index (χ4n) is 4.12. The number of aliphatic hydroxyl groups excluding tert-OH is 1. The maximum Gasteiger partial charge on any atom is 0.262 e. The van der Waals surface area contributed by atoms with Gasteiger partial charge in [-0.2, -0.15) is 0 Å². The van der Waals surface area contributed by atoms with E-state index >= 15 is 0 Å². The van der Waals surface area contributed by atoms with Crippen LogP contribution in [0.2, 0.25) is 0 Å².